The zero-order valence-corrected chi connectivity index (χ0v) is 25.1. The van der Waals surface area contributed by atoms with Crippen molar-refractivity contribution < 1.29 is 4.42 Å². The number of hydrogen-bond acceptors (Lipinski definition) is 2. The van der Waals surface area contributed by atoms with Gasteiger partial charge in [0.2, 0.25) is 0 Å². The number of hydrogen-bond donors (Lipinski definition) is 3. The van der Waals surface area contributed by atoms with Crippen molar-refractivity contribution in [3.63, 3.8) is 0 Å². The van der Waals surface area contributed by atoms with Gasteiger partial charge in [-0.05, 0) is 57.3 Å². The third-order valence-electron chi connectivity index (χ3n) is 9.61. The molecule has 47 heavy (non-hydrogen) atoms. The van der Waals surface area contributed by atoms with Crippen molar-refractivity contribution >= 4 is 66.2 Å². The van der Waals surface area contributed by atoms with Gasteiger partial charge in [-0.2, -0.15) is 0 Å². The fourth-order valence-electron chi connectivity index (χ4n) is 7.58. The number of aliphatic imine (C=N–C) groups is 1. The molecular formula is C42H26N4O. The smallest absolute Gasteiger partial charge is 0.154 e. The summed E-state index contributed by atoms with van der Waals surface area (Å²) < 4.78 is 6.61. The lowest BCUT2D eigenvalue weighted by Gasteiger charge is -2.13. The van der Waals surface area contributed by atoms with Crippen LogP contribution >= 0.6 is 0 Å². The Balaban J connectivity index is 1.28. The van der Waals surface area contributed by atoms with E-state index in [0.29, 0.717) is 5.56 Å². The molecule has 2 heterocycles. The average molecular weight is 603 g/mol. The summed E-state index contributed by atoms with van der Waals surface area (Å²) in [6.45, 7) is 0. The third kappa shape index (κ3) is 3.65. The van der Waals surface area contributed by atoms with E-state index in [1.165, 1.54) is 21.5 Å². The summed E-state index contributed by atoms with van der Waals surface area (Å²) in [5, 5.41) is 15.5. The SMILES string of the molecule is N=C(N=C(N)c1c2c(cc3oc4ccc(-c5cccc6c5[nH]c5ccccc56)cc4c13)-c1cccc3cccc-2c13)c1ccccc1. The summed E-state index contributed by atoms with van der Waals surface area (Å²) in [6.07, 6.45) is 0. The molecule has 10 rings (SSSR count). The Morgan fingerprint density at radius 2 is 1.36 bits per heavy atom. The van der Waals surface area contributed by atoms with Crippen molar-refractivity contribution in [2.75, 3.05) is 0 Å². The second-order valence-corrected chi connectivity index (χ2v) is 12.2. The maximum Gasteiger partial charge on any atom is 0.154 e. The van der Waals surface area contributed by atoms with Crippen molar-refractivity contribution in [3.8, 4) is 33.4 Å². The zero-order chi connectivity index (χ0) is 31.2. The molecule has 4 N–H and O–H groups in total. The number of para-hydroxylation sites is 2. The second-order valence-electron chi connectivity index (χ2n) is 12.2. The molecule has 0 bridgehead atoms. The summed E-state index contributed by atoms with van der Waals surface area (Å²) in [4.78, 5) is 8.40. The van der Waals surface area contributed by atoms with Crippen LogP contribution in [0.1, 0.15) is 11.1 Å². The van der Waals surface area contributed by atoms with E-state index >= 15 is 0 Å². The highest BCUT2D eigenvalue weighted by atomic mass is 16.3. The van der Waals surface area contributed by atoms with Crippen molar-refractivity contribution in [2.45, 2.75) is 0 Å². The molecule has 220 valence electrons. The van der Waals surface area contributed by atoms with Crippen LogP contribution in [0.3, 0.4) is 0 Å². The minimum Gasteiger partial charge on any atom is -0.456 e. The van der Waals surface area contributed by atoms with Crippen LogP contribution in [0, 0.1) is 5.41 Å². The van der Waals surface area contributed by atoms with Crippen LogP contribution < -0.4 is 5.73 Å². The van der Waals surface area contributed by atoms with Gasteiger partial charge < -0.3 is 15.1 Å². The predicted molar refractivity (Wildman–Crippen MR) is 194 cm³/mol. The molecule has 0 radical (unpaired) electrons. The molecule has 1 aliphatic carbocycles. The fraction of sp³-hybridized carbons (Fsp3) is 0. The number of furan rings is 1. The largest absolute Gasteiger partial charge is 0.456 e. The number of H-pyrrole nitrogens is 1. The van der Waals surface area contributed by atoms with Crippen molar-refractivity contribution in [1.82, 2.24) is 4.98 Å². The molecule has 1 aliphatic rings. The van der Waals surface area contributed by atoms with E-state index in [1.807, 2.05) is 30.3 Å². The molecule has 0 fully saturated rings. The molecular weight excluding hydrogens is 576 g/mol. The number of fused-ring (bicyclic) bond motifs is 9. The lowest BCUT2D eigenvalue weighted by atomic mass is 9.92. The second kappa shape index (κ2) is 9.52. The molecule has 0 amide bonds. The Bertz CT molecular complexity index is 2810. The van der Waals surface area contributed by atoms with Crippen LogP contribution in [-0.4, -0.2) is 16.7 Å². The highest BCUT2D eigenvalue weighted by molar-refractivity contribution is 6.29. The topological polar surface area (TPSA) is 91.2 Å². The zero-order valence-electron chi connectivity index (χ0n) is 25.1. The molecule has 9 aromatic rings. The number of benzene rings is 7. The Kier molecular flexibility index (Phi) is 5.23. The maximum absolute atomic E-state index is 8.86. The Morgan fingerprint density at radius 1 is 0.617 bits per heavy atom. The number of nitrogens with two attached hydrogens (primary N) is 1. The Hall–Kier alpha value is -6.46. The van der Waals surface area contributed by atoms with E-state index < -0.39 is 0 Å². The number of aromatic nitrogens is 1. The molecule has 0 saturated heterocycles. The van der Waals surface area contributed by atoms with Gasteiger partial charge in [-0.25, -0.2) is 4.99 Å². The van der Waals surface area contributed by atoms with Crippen molar-refractivity contribution in [1.29, 1.82) is 5.41 Å². The van der Waals surface area contributed by atoms with E-state index in [9.17, 15) is 0 Å². The third-order valence-corrected chi connectivity index (χ3v) is 9.61. The van der Waals surface area contributed by atoms with Crippen LogP contribution in [0.5, 0.6) is 0 Å². The van der Waals surface area contributed by atoms with Crippen LogP contribution in [0.4, 0.5) is 0 Å². The van der Waals surface area contributed by atoms with E-state index in [4.69, 9.17) is 20.6 Å². The molecule has 2 aromatic heterocycles. The van der Waals surface area contributed by atoms with Gasteiger partial charge in [-0.1, -0.05) is 109 Å². The average Bonchev–Trinajstić information content (AvgIpc) is 3.78. The monoisotopic (exact) mass is 602 g/mol. The van der Waals surface area contributed by atoms with Gasteiger partial charge in [0.1, 0.15) is 17.0 Å². The fourth-order valence-corrected chi connectivity index (χ4v) is 7.58. The number of aromatic amines is 1. The molecule has 0 spiro atoms. The standard InChI is InChI=1S/C42H26N4O/c43-41(24-9-2-1-3-10-24)46-42(44)39-37-30-17-7-12-23-11-6-15-28(36(23)30)31(37)22-35-38(39)32-21-25(19-20-34(32)47-35)26-14-8-16-29-27-13-4-5-18-33(27)45-40(26)29/h1-22,45H,(H3,43,44,46). The van der Waals surface area contributed by atoms with Crippen molar-refractivity contribution in [3.05, 3.63) is 145 Å². The molecule has 0 unspecified atom stereocenters. The first-order chi connectivity index (χ1) is 23.1. The molecule has 0 saturated carbocycles. The molecule has 5 nitrogen and oxygen atoms in total. The molecule has 7 aromatic carbocycles. The number of amidine groups is 2. The lowest BCUT2D eigenvalue weighted by Crippen LogP contribution is -2.17. The molecule has 0 atom stereocenters. The predicted octanol–water partition coefficient (Wildman–Crippen LogP) is 10.4. The Labute approximate surface area is 269 Å². The maximum atomic E-state index is 8.86. The quantitative estimate of drug-likeness (QED) is 0.139. The van der Waals surface area contributed by atoms with Crippen LogP contribution in [0.2, 0.25) is 0 Å². The van der Waals surface area contributed by atoms with Gasteiger partial charge in [0.15, 0.2) is 5.84 Å². The van der Waals surface area contributed by atoms with Crippen LogP contribution in [0.15, 0.2) is 143 Å². The minimum atomic E-state index is 0.113. The summed E-state index contributed by atoms with van der Waals surface area (Å²) in [7, 11) is 0. The van der Waals surface area contributed by atoms with E-state index in [0.717, 1.165) is 71.9 Å². The highest BCUT2D eigenvalue weighted by Gasteiger charge is 2.29. The highest BCUT2D eigenvalue weighted by Crippen LogP contribution is 2.52. The summed E-state index contributed by atoms with van der Waals surface area (Å²) in [6, 6.07) is 45.7. The van der Waals surface area contributed by atoms with Crippen LogP contribution in [0.25, 0.3) is 87.9 Å². The lowest BCUT2D eigenvalue weighted by molar-refractivity contribution is 0.669. The van der Waals surface area contributed by atoms with Gasteiger partial charge in [0.25, 0.3) is 0 Å². The van der Waals surface area contributed by atoms with Gasteiger partial charge in [0, 0.05) is 49.3 Å². The first-order valence-corrected chi connectivity index (χ1v) is 15.7. The molecule has 5 heteroatoms. The van der Waals surface area contributed by atoms with Gasteiger partial charge in [-0.15, -0.1) is 0 Å². The van der Waals surface area contributed by atoms with Gasteiger partial charge in [-0.3, -0.25) is 5.41 Å². The minimum absolute atomic E-state index is 0.113. The summed E-state index contributed by atoms with van der Waals surface area (Å²) in [5.41, 5.74) is 18.8. The summed E-state index contributed by atoms with van der Waals surface area (Å²) >= 11 is 0. The van der Waals surface area contributed by atoms with E-state index in [2.05, 4.69) is 108 Å². The summed E-state index contributed by atoms with van der Waals surface area (Å²) in [5.74, 6) is 0.401. The van der Waals surface area contributed by atoms with Crippen LogP contribution in [-0.2, 0) is 0 Å². The Morgan fingerprint density at radius 3 is 2.23 bits per heavy atom. The molecule has 0 aliphatic heterocycles. The van der Waals surface area contributed by atoms with Gasteiger partial charge in [0.05, 0.1) is 5.52 Å². The first kappa shape index (κ1) is 25.8. The number of nitrogens with one attached hydrogen (secondary N) is 2. The number of nitrogens with zero attached hydrogens (tertiary/aromatic N) is 1. The number of rotatable bonds is 3. The van der Waals surface area contributed by atoms with Gasteiger partial charge >= 0.3 is 0 Å². The normalized spacial score (nSPS) is 12.6. The van der Waals surface area contributed by atoms with Crippen molar-refractivity contribution in [2.24, 2.45) is 10.7 Å². The van der Waals surface area contributed by atoms with E-state index in [-0.39, 0.29) is 11.7 Å². The van der Waals surface area contributed by atoms with E-state index in [1.54, 1.807) is 0 Å². The first-order valence-electron chi connectivity index (χ1n) is 15.7.